The number of allylic oxidation sites excluding steroid dienone is 1. The van der Waals surface area contributed by atoms with Crippen LogP contribution in [0, 0.1) is 6.92 Å². The second-order valence-corrected chi connectivity index (χ2v) is 5.86. The molecule has 23 heavy (non-hydrogen) atoms. The smallest absolute Gasteiger partial charge is 0.342 e. The van der Waals surface area contributed by atoms with Gasteiger partial charge in [-0.3, -0.25) is 4.79 Å². The van der Waals surface area contributed by atoms with Gasteiger partial charge in [0.15, 0.2) is 5.78 Å². The van der Waals surface area contributed by atoms with Crippen molar-refractivity contribution in [1.82, 2.24) is 0 Å². The summed E-state index contributed by atoms with van der Waals surface area (Å²) in [4.78, 5) is 23.8. The van der Waals surface area contributed by atoms with E-state index in [1.54, 1.807) is 6.08 Å². The van der Waals surface area contributed by atoms with Crippen molar-refractivity contribution in [2.75, 3.05) is 6.61 Å². The number of aliphatic hydroxyl groups excluding tert-OH is 1. The van der Waals surface area contributed by atoms with Crippen LogP contribution in [-0.4, -0.2) is 34.7 Å². The Morgan fingerprint density at radius 1 is 1.26 bits per heavy atom. The van der Waals surface area contributed by atoms with Gasteiger partial charge in [-0.15, -0.1) is 0 Å². The van der Waals surface area contributed by atoms with Gasteiger partial charge in [0.1, 0.15) is 11.3 Å². The second-order valence-electron chi connectivity index (χ2n) is 5.86. The maximum atomic E-state index is 12.2. The van der Waals surface area contributed by atoms with Crippen molar-refractivity contribution in [3.63, 3.8) is 0 Å². The number of benzene rings is 1. The quantitative estimate of drug-likeness (QED) is 0.718. The first-order valence-corrected chi connectivity index (χ1v) is 7.84. The molecule has 0 spiro atoms. The summed E-state index contributed by atoms with van der Waals surface area (Å²) in [5.74, 6) is -0.770. The van der Waals surface area contributed by atoms with E-state index in [2.05, 4.69) is 0 Å². The Kier molecular flexibility index (Phi) is 5.93. The molecule has 1 aromatic carbocycles. The minimum absolute atomic E-state index is 0.0802. The monoisotopic (exact) mass is 318 g/mol. The summed E-state index contributed by atoms with van der Waals surface area (Å²) < 4.78 is 5.18. The fraction of sp³-hybridized carbons (Fsp3) is 0.444. The van der Waals surface area contributed by atoms with Crippen molar-refractivity contribution < 1.29 is 24.5 Å². The van der Waals surface area contributed by atoms with Crippen molar-refractivity contribution in [3.8, 4) is 5.75 Å². The molecule has 1 aromatic rings. The summed E-state index contributed by atoms with van der Waals surface area (Å²) in [7, 11) is 0. The third-order valence-corrected chi connectivity index (χ3v) is 3.79. The standard InChI is InChI=1S/C18H22O5/c1-12-9-13-5-4-7-15(20)11-14(19)6-2-3-8-23-18(22)17(13)16(21)10-12/h2,6,9-10,15,20-21H,3-5,7-8,11H2,1H3/b6-2-/t15-/m0/s1. The number of fused-ring (bicyclic) bond motifs is 1. The highest BCUT2D eigenvalue weighted by Gasteiger charge is 2.19. The van der Waals surface area contributed by atoms with Crippen LogP contribution in [0.2, 0.25) is 0 Å². The van der Waals surface area contributed by atoms with Gasteiger partial charge in [-0.1, -0.05) is 12.1 Å². The molecule has 1 atom stereocenters. The molecule has 2 rings (SSSR count). The van der Waals surface area contributed by atoms with Crippen LogP contribution in [0.4, 0.5) is 0 Å². The summed E-state index contributed by atoms with van der Waals surface area (Å²) in [6, 6.07) is 3.39. The first-order valence-electron chi connectivity index (χ1n) is 7.84. The van der Waals surface area contributed by atoms with E-state index in [0.29, 0.717) is 31.2 Å². The molecular weight excluding hydrogens is 296 g/mol. The average Bonchev–Trinajstić information content (AvgIpc) is 2.45. The minimum Gasteiger partial charge on any atom is -0.507 e. The molecule has 0 fully saturated rings. The number of aromatic hydroxyl groups is 1. The highest BCUT2D eigenvalue weighted by molar-refractivity contribution is 5.94. The van der Waals surface area contributed by atoms with Gasteiger partial charge in [0.25, 0.3) is 0 Å². The number of ketones is 1. The zero-order valence-corrected chi connectivity index (χ0v) is 13.2. The minimum atomic E-state index is -0.691. The SMILES string of the molecule is Cc1cc(O)c2c(c1)CCC[C@H](O)CC(=O)/C=C\CCOC2=O. The molecule has 0 bridgehead atoms. The Morgan fingerprint density at radius 3 is 2.83 bits per heavy atom. The van der Waals surface area contributed by atoms with Crippen molar-refractivity contribution in [1.29, 1.82) is 0 Å². The van der Waals surface area contributed by atoms with E-state index in [0.717, 1.165) is 5.56 Å². The Morgan fingerprint density at radius 2 is 2.04 bits per heavy atom. The van der Waals surface area contributed by atoms with E-state index in [-0.39, 0.29) is 30.1 Å². The number of cyclic esters (lactones) is 1. The third kappa shape index (κ3) is 4.93. The predicted octanol–water partition coefficient (Wildman–Crippen LogP) is 2.46. The van der Waals surface area contributed by atoms with Crippen LogP contribution in [0.1, 0.15) is 47.2 Å². The van der Waals surface area contributed by atoms with Gasteiger partial charge in [0.2, 0.25) is 0 Å². The van der Waals surface area contributed by atoms with E-state index in [1.165, 1.54) is 12.1 Å². The molecule has 0 amide bonds. The summed E-state index contributed by atoms with van der Waals surface area (Å²) in [6.07, 6.45) is 4.47. The van der Waals surface area contributed by atoms with Crippen LogP contribution in [0.15, 0.2) is 24.3 Å². The molecule has 5 heteroatoms. The van der Waals surface area contributed by atoms with E-state index >= 15 is 0 Å². The van der Waals surface area contributed by atoms with Gasteiger partial charge in [-0.2, -0.15) is 0 Å². The number of hydrogen-bond donors (Lipinski definition) is 2. The maximum Gasteiger partial charge on any atom is 0.342 e. The third-order valence-electron chi connectivity index (χ3n) is 3.79. The van der Waals surface area contributed by atoms with Gasteiger partial charge >= 0.3 is 5.97 Å². The van der Waals surface area contributed by atoms with Crippen LogP contribution in [0.25, 0.3) is 0 Å². The molecule has 2 N–H and O–H groups in total. The number of esters is 1. The highest BCUT2D eigenvalue weighted by Crippen LogP contribution is 2.26. The normalized spacial score (nSPS) is 21.9. The number of carbonyl (C=O) groups is 2. The number of ether oxygens (including phenoxy) is 1. The number of rotatable bonds is 0. The zero-order valence-electron chi connectivity index (χ0n) is 13.2. The van der Waals surface area contributed by atoms with Crippen LogP contribution < -0.4 is 0 Å². The number of phenols is 1. The fourth-order valence-corrected chi connectivity index (χ4v) is 2.71. The lowest BCUT2D eigenvalue weighted by Crippen LogP contribution is -2.14. The van der Waals surface area contributed by atoms with E-state index in [9.17, 15) is 19.8 Å². The molecule has 1 aliphatic heterocycles. The lowest BCUT2D eigenvalue weighted by Gasteiger charge is -2.14. The largest absolute Gasteiger partial charge is 0.507 e. The molecule has 0 aliphatic carbocycles. The van der Waals surface area contributed by atoms with Crippen molar-refractivity contribution >= 4 is 11.8 Å². The summed E-state index contributed by atoms with van der Waals surface area (Å²) >= 11 is 0. The lowest BCUT2D eigenvalue weighted by molar-refractivity contribution is -0.116. The first-order chi connectivity index (χ1) is 11.0. The van der Waals surface area contributed by atoms with Crippen LogP contribution in [0.5, 0.6) is 5.75 Å². The predicted molar refractivity (Wildman–Crippen MR) is 85.5 cm³/mol. The first kappa shape index (κ1) is 17.2. The fourth-order valence-electron chi connectivity index (χ4n) is 2.71. The summed E-state index contributed by atoms with van der Waals surface area (Å²) in [5.41, 5.74) is 1.76. The summed E-state index contributed by atoms with van der Waals surface area (Å²) in [6.45, 7) is 1.98. The molecule has 0 saturated heterocycles. The molecule has 0 saturated carbocycles. The van der Waals surface area contributed by atoms with Crippen LogP contribution in [0.3, 0.4) is 0 Å². The Labute approximate surface area is 135 Å². The van der Waals surface area contributed by atoms with Crippen LogP contribution in [-0.2, 0) is 16.0 Å². The highest BCUT2D eigenvalue weighted by atomic mass is 16.5. The van der Waals surface area contributed by atoms with Gasteiger partial charge in [-0.25, -0.2) is 4.79 Å². The lowest BCUT2D eigenvalue weighted by atomic mass is 9.96. The van der Waals surface area contributed by atoms with E-state index < -0.39 is 12.1 Å². The summed E-state index contributed by atoms with van der Waals surface area (Å²) in [5, 5.41) is 20.0. The zero-order chi connectivity index (χ0) is 16.8. The Balaban J connectivity index is 2.25. The Hall–Kier alpha value is -2.14. The molecular formula is C18H22O5. The maximum absolute atomic E-state index is 12.2. The van der Waals surface area contributed by atoms with E-state index in [4.69, 9.17) is 4.74 Å². The van der Waals surface area contributed by atoms with Crippen LogP contribution >= 0.6 is 0 Å². The van der Waals surface area contributed by atoms with Crippen molar-refractivity contribution in [2.45, 2.75) is 45.1 Å². The van der Waals surface area contributed by atoms with E-state index in [1.807, 2.05) is 13.0 Å². The van der Waals surface area contributed by atoms with Gasteiger partial charge < -0.3 is 14.9 Å². The van der Waals surface area contributed by atoms with Crippen molar-refractivity contribution in [3.05, 3.63) is 41.0 Å². The Bertz CT molecular complexity index is 618. The molecule has 124 valence electrons. The molecule has 5 nitrogen and oxygen atoms in total. The van der Waals surface area contributed by atoms with Gasteiger partial charge in [0.05, 0.1) is 12.7 Å². The van der Waals surface area contributed by atoms with Gasteiger partial charge in [-0.05, 0) is 55.9 Å². The number of phenolic OH excluding ortho intramolecular Hbond substituents is 1. The number of aliphatic hydroxyl groups is 1. The number of hydrogen-bond acceptors (Lipinski definition) is 5. The molecule has 0 radical (unpaired) electrons. The van der Waals surface area contributed by atoms with Gasteiger partial charge in [0, 0.05) is 6.42 Å². The number of aryl methyl sites for hydroxylation is 2. The molecule has 1 aliphatic rings. The molecule has 0 unspecified atom stereocenters. The number of carbonyl (C=O) groups excluding carboxylic acids is 2. The van der Waals surface area contributed by atoms with Crippen molar-refractivity contribution in [2.24, 2.45) is 0 Å². The second kappa shape index (κ2) is 7.92. The topological polar surface area (TPSA) is 83.8 Å². The molecule has 0 aromatic heterocycles. The average molecular weight is 318 g/mol. The molecule has 1 heterocycles.